The van der Waals surface area contributed by atoms with E-state index in [1.54, 1.807) is 4.90 Å². The SMILES string of the molecule is COC(=O)C(O)C1CCCN(C(=O)CN(C)C2CC2)C1. The lowest BCUT2D eigenvalue weighted by Gasteiger charge is -2.35. The number of carbonyl (C=O) groups is 2. The summed E-state index contributed by atoms with van der Waals surface area (Å²) in [6.45, 7) is 1.57. The van der Waals surface area contributed by atoms with Crippen LogP contribution in [0, 0.1) is 5.92 Å². The topological polar surface area (TPSA) is 70.1 Å². The first kappa shape index (κ1) is 15.3. The molecule has 0 bridgehead atoms. The molecule has 6 heteroatoms. The second-order valence-corrected chi connectivity index (χ2v) is 5.86. The van der Waals surface area contributed by atoms with Gasteiger partial charge in [-0.2, -0.15) is 0 Å². The van der Waals surface area contributed by atoms with Gasteiger partial charge in [-0.25, -0.2) is 4.79 Å². The molecule has 1 N–H and O–H groups in total. The van der Waals surface area contributed by atoms with Crippen LogP contribution in [-0.2, 0) is 14.3 Å². The summed E-state index contributed by atoms with van der Waals surface area (Å²) < 4.78 is 4.56. The van der Waals surface area contributed by atoms with Crippen LogP contribution in [0.1, 0.15) is 25.7 Å². The summed E-state index contributed by atoms with van der Waals surface area (Å²) in [5.74, 6) is -0.744. The molecule has 1 saturated heterocycles. The van der Waals surface area contributed by atoms with Crippen molar-refractivity contribution < 1.29 is 19.4 Å². The van der Waals surface area contributed by atoms with Gasteiger partial charge < -0.3 is 14.7 Å². The highest BCUT2D eigenvalue weighted by Gasteiger charge is 2.34. The van der Waals surface area contributed by atoms with Crippen molar-refractivity contribution >= 4 is 11.9 Å². The van der Waals surface area contributed by atoms with E-state index in [4.69, 9.17) is 0 Å². The average Bonchev–Trinajstić information content (AvgIpc) is 3.30. The molecule has 2 atom stereocenters. The van der Waals surface area contributed by atoms with Crippen molar-refractivity contribution in [1.82, 2.24) is 9.80 Å². The minimum Gasteiger partial charge on any atom is -0.467 e. The zero-order valence-electron chi connectivity index (χ0n) is 12.2. The van der Waals surface area contributed by atoms with Gasteiger partial charge in [-0.1, -0.05) is 0 Å². The van der Waals surface area contributed by atoms with Crippen molar-refractivity contribution in [3.8, 4) is 0 Å². The van der Waals surface area contributed by atoms with Gasteiger partial charge in [-0.3, -0.25) is 9.69 Å². The normalized spacial score (nSPS) is 24.6. The Morgan fingerprint density at radius 1 is 1.40 bits per heavy atom. The Morgan fingerprint density at radius 2 is 2.10 bits per heavy atom. The molecular formula is C14H24N2O4. The van der Waals surface area contributed by atoms with Crippen molar-refractivity contribution in [2.75, 3.05) is 33.8 Å². The van der Waals surface area contributed by atoms with Gasteiger partial charge in [0, 0.05) is 25.0 Å². The van der Waals surface area contributed by atoms with Gasteiger partial charge in [0.2, 0.25) is 5.91 Å². The molecule has 1 saturated carbocycles. The van der Waals surface area contributed by atoms with Crippen molar-refractivity contribution in [3.05, 3.63) is 0 Å². The van der Waals surface area contributed by atoms with E-state index in [1.807, 2.05) is 7.05 Å². The fourth-order valence-electron chi connectivity index (χ4n) is 2.77. The van der Waals surface area contributed by atoms with E-state index >= 15 is 0 Å². The summed E-state index contributed by atoms with van der Waals surface area (Å²) in [5, 5.41) is 9.90. The third kappa shape index (κ3) is 3.70. The van der Waals surface area contributed by atoms with Gasteiger partial charge >= 0.3 is 5.97 Å². The number of nitrogens with zero attached hydrogens (tertiary/aromatic N) is 2. The van der Waals surface area contributed by atoms with E-state index < -0.39 is 12.1 Å². The van der Waals surface area contributed by atoms with Crippen LogP contribution in [0.2, 0.25) is 0 Å². The number of ether oxygens (including phenoxy) is 1. The maximum absolute atomic E-state index is 12.2. The Morgan fingerprint density at radius 3 is 2.70 bits per heavy atom. The number of likely N-dealkylation sites (N-methyl/N-ethyl adjacent to an activating group) is 1. The number of aliphatic hydroxyl groups excluding tert-OH is 1. The van der Waals surface area contributed by atoms with Gasteiger partial charge in [0.05, 0.1) is 13.7 Å². The molecule has 114 valence electrons. The van der Waals surface area contributed by atoms with Crippen LogP contribution in [-0.4, -0.2) is 72.7 Å². The maximum atomic E-state index is 12.2. The number of amides is 1. The lowest BCUT2D eigenvalue weighted by Crippen LogP contribution is -2.48. The Kier molecular flexibility index (Phi) is 4.99. The average molecular weight is 284 g/mol. The molecule has 0 aromatic heterocycles. The Bertz CT molecular complexity index is 370. The highest BCUT2D eigenvalue weighted by atomic mass is 16.5. The first-order valence-corrected chi connectivity index (χ1v) is 7.27. The number of esters is 1. The predicted molar refractivity (Wildman–Crippen MR) is 73.0 cm³/mol. The molecule has 2 rings (SSSR count). The molecule has 20 heavy (non-hydrogen) atoms. The predicted octanol–water partition coefficient (Wildman–Crippen LogP) is -0.147. The molecule has 0 spiro atoms. The smallest absolute Gasteiger partial charge is 0.335 e. The minimum atomic E-state index is -1.13. The number of aliphatic hydroxyl groups is 1. The van der Waals surface area contributed by atoms with Crippen LogP contribution >= 0.6 is 0 Å². The van der Waals surface area contributed by atoms with Gasteiger partial charge in [-0.05, 0) is 32.7 Å². The first-order chi connectivity index (χ1) is 9.52. The van der Waals surface area contributed by atoms with Crippen LogP contribution in [0.25, 0.3) is 0 Å². The van der Waals surface area contributed by atoms with Crippen molar-refractivity contribution in [2.45, 2.75) is 37.8 Å². The summed E-state index contributed by atoms with van der Waals surface area (Å²) in [5.41, 5.74) is 0. The second-order valence-electron chi connectivity index (χ2n) is 5.86. The van der Waals surface area contributed by atoms with Crippen LogP contribution in [0.15, 0.2) is 0 Å². The minimum absolute atomic E-state index is 0.0844. The Labute approximate surface area is 119 Å². The van der Waals surface area contributed by atoms with Crippen molar-refractivity contribution in [2.24, 2.45) is 5.92 Å². The fourth-order valence-corrected chi connectivity index (χ4v) is 2.77. The Balaban J connectivity index is 1.85. The fraction of sp³-hybridized carbons (Fsp3) is 0.857. The van der Waals surface area contributed by atoms with Crippen molar-refractivity contribution in [3.63, 3.8) is 0 Å². The number of carbonyl (C=O) groups excluding carboxylic acids is 2. The number of piperidine rings is 1. The quantitative estimate of drug-likeness (QED) is 0.711. The molecule has 2 unspecified atom stereocenters. The molecule has 1 heterocycles. The summed E-state index contributed by atoms with van der Waals surface area (Å²) in [4.78, 5) is 27.5. The van der Waals surface area contributed by atoms with Crippen LogP contribution in [0.5, 0.6) is 0 Å². The summed E-state index contributed by atoms with van der Waals surface area (Å²) >= 11 is 0. The number of likely N-dealkylation sites (tertiary alicyclic amines) is 1. The number of hydrogen-bond donors (Lipinski definition) is 1. The van der Waals surface area contributed by atoms with Crippen LogP contribution in [0.3, 0.4) is 0 Å². The van der Waals surface area contributed by atoms with Crippen LogP contribution in [0.4, 0.5) is 0 Å². The van der Waals surface area contributed by atoms with E-state index in [0.29, 0.717) is 25.7 Å². The first-order valence-electron chi connectivity index (χ1n) is 7.27. The van der Waals surface area contributed by atoms with E-state index in [-0.39, 0.29) is 11.8 Å². The third-order valence-electron chi connectivity index (χ3n) is 4.25. The Hall–Kier alpha value is -1.14. The molecule has 6 nitrogen and oxygen atoms in total. The molecule has 2 fully saturated rings. The molecule has 0 radical (unpaired) electrons. The maximum Gasteiger partial charge on any atom is 0.335 e. The highest BCUT2D eigenvalue weighted by molar-refractivity contribution is 5.79. The monoisotopic (exact) mass is 284 g/mol. The molecule has 1 aliphatic carbocycles. The van der Waals surface area contributed by atoms with E-state index in [1.165, 1.54) is 20.0 Å². The lowest BCUT2D eigenvalue weighted by atomic mass is 9.92. The number of hydrogen-bond acceptors (Lipinski definition) is 5. The largest absolute Gasteiger partial charge is 0.467 e. The van der Waals surface area contributed by atoms with Gasteiger partial charge in [-0.15, -0.1) is 0 Å². The molecule has 1 aliphatic heterocycles. The lowest BCUT2D eigenvalue weighted by molar-refractivity contribution is -0.156. The summed E-state index contributed by atoms with van der Waals surface area (Å²) in [6.07, 6.45) is 2.79. The standard InChI is InChI=1S/C14H24N2O4/c1-15(11-5-6-11)9-12(17)16-7-3-4-10(8-16)13(18)14(19)20-2/h10-11,13,18H,3-9H2,1-2H3. The highest BCUT2D eigenvalue weighted by Crippen LogP contribution is 2.26. The van der Waals surface area contributed by atoms with E-state index in [2.05, 4.69) is 9.64 Å². The zero-order valence-corrected chi connectivity index (χ0v) is 12.2. The zero-order chi connectivity index (χ0) is 14.7. The molecule has 0 aromatic rings. The molecular weight excluding hydrogens is 260 g/mol. The van der Waals surface area contributed by atoms with Crippen LogP contribution < -0.4 is 0 Å². The summed E-state index contributed by atoms with van der Waals surface area (Å²) in [6, 6.07) is 0.556. The van der Waals surface area contributed by atoms with Crippen molar-refractivity contribution in [1.29, 1.82) is 0 Å². The second kappa shape index (κ2) is 6.54. The van der Waals surface area contributed by atoms with Gasteiger partial charge in [0.1, 0.15) is 0 Å². The third-order valence-corrected chi connectivity index (χ3v) is 4.25. The van der Waals surface area contributed by atoms with E-state index in [0.717, 1.165) is 12.8 Å². The number of rotatable bonds is 5. The van der Waals surface area contributed by atoms with Gasteiger partial charge in [0.25, 0.3) is 0 Å². The molecule has 2 aliphatic rings. The summed E-state index contributed by atoms with van der Waals surface area (Å²) in [7, 11) is 3.24. The number of methoxy groups -OCH3 is 1. The van der Waals surface area contributed by atoms with Gasteiger partial charge in [0.15, 0.2) is 6.10 Å². The molecule has 1 amide bonds. The molecule has 0 aromatic carbocycles. The van der Waals surface area contributed by atoms with E-state index in [9.17, 15) is 14.7 Å².